The van der Waals surface area contributed by atoms with Crippen LogP contribution in [0.5, 0.6) is 0 Å². The van der Waals surface area contributed by atoms with Crippen LogP contribution in [0.4, 0.5) is 11.4 Å². The van der Waals surface area contributed by atoms with Gasteiger partial charge in [-0.15, -0.1) is 0 Å². The fraction of sp³-hybridized carbons (Fsp3) is 0.500. The standard InChI is InChI=1S/C12H17N3O5S/c1-8(16)9-5-6-14(7-9)21(19,20)11-4-2-3-10(13)12(11)15(17)18/h2-4,8-9,16H,5-7,13H2,1H3. The Hall–Kier alpha value is -1.71. The molecule has 2 atom stereocenters. The molecule has 8 nitrogen and oxygen atoms in total. The summed E-state index contributed by atoms with van der Waals surface area (Å²) in [4.78, 5) is 9.89. The van der Waals surface area contributed by atoms with Gasteiger partial charge in [0.1, 0.15) is 5.69 Å². The fourth-order valence-electron chi connectivity index (χ4n) is 2.45. The van der Waals surface area contributed by atoms with Gasteiger partial charge in [0.2, 0.25) is 10.0 Å². The predicted octanol–water partition coefficient (Wildman–Crippen LogP) is 0.568. The van der Waals surface area contributed by atoms with E-state index < -0.39 is 31.6 Å². The molecule has 1 aliphatic rings. The van der Waals surface area contributed by atoms with Gasteiger partial charge in [-0.25, -0.2) is 8.42 Å². The lowest BCUT2D eigenvalue weighted by Crippen LogP contribution is -2.31. The molecule has 1 aromatic carbocycles. The number of nitro groups is 1. The van der Waals surface area contributed by atoms with Crippen molar-refractivity contribution in [3.8, 4) is 0 Å². The highest BCUT2D eigenvalue weighted by Gasteiger charge is 2.38. The zero-order valence-corrected chi connectivity index (χ0v) is 12.3. The first kappa shape index (κ1) is 15.7. The molecule has 1 aromatic rings. The Morgan fingerprint density at radius 2 is 2.19 bits per heavy atom. The Morgan fingerprint density at radius 1 is 1.52 bits per heavy atom. The van der Waals surface area contributed by atoms with Crippen LogP contribution in [0.2, 0.25) is 0 Å². The van der Waals surface area contributed by atoms with Gasteiger partial charge in [0.15, 0.2) is 4.90 Å². The number of anilines is 1. The van der Waals surface area contributed by atoms with E-state index >= 15 is 0 Å². The summed E-state index contributed by atoms with van der Waals surface area (Å²) in [6.07, 6.45) is -0.103. The van der Waals surface area contributed by atoms with Crippen LogP contribution in [0.3, 0.4) is 0 Å². The molecule has 9 heteroatoms. The van der Waals surface area contributed by atoms with E-state index in [1.807, 2.05) is 0 Å². The highest BCUT2D eigenvalue weighted by atomic mass is 32.2. The van der Waals surface area contributed by atoms with Crippen molar-refractivity contribution < 1.29 is 18.4 Å². The second kappa shape index (κ2) is 5.58. The molecule has 0 bridgehead atoms. The lowest BCUT2D eigenvalue weighted by Gasteiger charge is -2.18. The van der Waals surface area contributed by atoms with Gasteiger partial charge in [0, 0.05) is 13.1 Å². The molecule has 1 saturated heterocycles. The molecule has 116 valence electrons. The van der Waals surface area contributed by atoms with Crippen LogP contribution < -0.4 is 5.73 Å². The summed E-state index contributed by atoms with van der Waals surface area (Å²) in [5, 5.41) is 20.6. The number of nitrogen functional groups attached to an aromatic ring is 1. The molecule has 2 unspecified atom stereocenters. The van der Waals surface area contributed by atoms with E-state index in [9.17, 15) is 23.6 Å². The van der Waals surface area contributed by atoms with Gasteiger partial charge in [-0.05, 0) is 31.4 Å². The van der Waals surface area contributed by atoms with Gasteiger partial charge in [-0.2, -0.15) is 4.31 Å². The third kappa shape index (κ3) is 2.85. The van der Waals surface area contributed by atoms with Crippen molar-refractivity contribution in [3.63, 3.8) is 0 Å². The highest BCUT2D eigenvalue weighted by molar-refractivity contribution is 7.89. The quantitative estimate of drug-likeness (QED) is 0.475. The Morgan fingerprint density at radius 3 is 2.71 bits per heavy atom. The number of nitrogens with zero attached hydrogens (tertiary/aromatic N) is 2. The second-order valence-electron chi connectivity index (χ2n) is 5.10. The molecular weight excluding hydrogens is 298 g/mol. The molecule has 21 heavy (non-hydrogen) atoms. The van der Waals surface area contributed by atoms with Gasteiger partial charge >= 0.3 is 5.69 Å². The van der Waals surface area contributed by atoms with Crippen LogP contribution in [0.1, 0.15) is 13.3 Å². The van der Waals surface area contributed by atoms with E-state index in [0.717, 1.165) is 4.31 Å². The molecule has 0 saturated carbocycles. The number of para-hydroxylation sites is 1. The van der Waals surface area contributed by atoms with E-state index in [1.165, 1.54) is 18.2 Å². The minimum Gasteiger partial charge on any atom is -0.393 e. The number of hydrogen-bond acceptors (Lipinski definition) is 6. The molecule has 0 aromatic heterocycles. The van der Waals surface area contributed by atoms with Crippen molar-refractivity contribution in [1.82, 2.24) is 4.31 Å². The zero-order valence-electron chi connectivity index (χ0n) is 11.5. The average molecular weight is 315 g/mol. The van der Waals surface area contributed by atoms with Crippen LogP contribution in [-0.4, -0.2) is 41.9 Å². The van der Waals surface area contributed by atoms with Crippen LogP contribution >= 0.6 is 0 Å². The largest absolute Gasteiger partial charge is 0.393 e. The molecule has 0 aliphatic carbocycles. The Balaban J connectivity index is 2.42. The van der Waals surface area contributed by atoms with Crippen molar-refractivity contribution >= 4 is 21.4 Å². The number of nitrogens with two attached hydrogens (primary N) is 1. The third-order valence-electron chi connectivity index (χ3n) is 3.70. The van der Waals surface area contributed by atoms with E-state index in [4.69, 9.17) is 5.73 Å². The summed E-state index contributed by atoms with van der Waals surface area (Å²) < 4.78 is 26.3. The number of hydrogen-bond donors (Lipinski definition) is 2. The molecule has 3 N–H and O–H groups in total. The number of sulfonamides is 1. The summed E-state index contributed by atoms with van der Waals surface area (Å²) in [7, 11) is -4.00. The summed E-state index contributed by atoms with van der Waals surface area (Å²) >= 11 is 0. The fourth-order valence-corrected chi connectivity index (χ4v) is 4.15. The van der Waals surface area contributed by atoms with Crippen molar-refractivity contribution in [2.75, 3.05) is 18.8 Å². The van der Waals surface area contributed by atoms with Crippen molar-refractivity contribution in [2.45, 2.75) is 24.3 Å². The molecule has 1 aliphatic heterocycles. The van der Waals surface area contributed by atoms with Crippen LogP contribution in [0.15, 0.2) is 23.1 Å². The molecule has 2 rings (SSSR count). The molecule has 0 spiro atoms. The monoisotopic (exact) mass is 315 g/mol. The molecule has 1 fully saturated rings. The number of aliphatic hydroxyl groups excluding tert-OH is 1. The molecular formula is C12H17N3O5S. The molecule has 1 heterocycles. The topological polar surface area (TPSA) is 127 Å². The van der Waals surface area contributed by atoms with E-state index in [2.05, 4.69) is 0 Å². The minimum atomic E-state index is -4.00. The number of nitro benzene ring substituents is 1. The highest BCUT2D eigenvalue weighted by Crippen LogP contribution is 2.34. The summed E-state index contributed by atoms with van der Waals surface area (Å²) in [6, 6.07) is 3.84. The van der Waals surface area contributed by atoms with E-state index in [0.29, 0.717) is 6.42 Å². The van der Waals surface area contributed by atoms with Crippen molar-refractivity contribution in [3.05, 3.63) is 28.3 Å². The lowest BCUT2D eigenvalue weighted by molar-refractivity contribution is -0.386. The number of rotatable bonds is 4. The lowest BCUT2D eigenvalue weighted by atomic mass is 10.0. The van der Waals surface area contributed by atoms with Gasteiger partial charge in [-0.1, -0.05) is 6.07 Å². The molecule has 0 amide bonds. The Labute approximate surface area is 122 Å². The first-order valence-corrected chi connectivity index (χ1v) is 7.90. The first-order chi connectivity index (χ1) is 9.75. The van der Waals surface area contributed by atoms with Gasteiger partial charge in [-0.3, -0.25) is 10.1 Å². The summed E-state index contributed by atoms with van der Waals surface area (Å²) in [5.41, 5.74) is 4.74. The van der Waals surface area contributed by atoms with Crippen molar-refractivity contribution in [2.24, 2.45) is 5.92 Å². The second-order valence-corrected chi connectivity index (χ2v) is 7.01. The maximum absolute atomic E-state index is 12.6. The maximum atomic E-state index is 12.6. The van der Waals surface area contributed by atoms with Crippen LogP contribution in [-0.2, 0) is 10.0 Å². The Kier molecular flexibility index (Phi) is 4.17. The van der Waals surface area contributed by atoms with Crippen LogP contribution in [0.25, 0.3) is 0 Å². The SMILES string of the molecule is CC(O)C1CCN(S(=O)(=O)c2cccc(N)c2[N+](=O)[O-])C1. The van der Waals surface area contributed by atoms with Gasteiger partial charge < -0.3 is 10.8 Å². The van der Waals surface area contributed by atoms with Crippen LogP contribution in [0, 0.1) is 16.0 Å². The van der Waals surface area contributed by atoms with E-state index in [1.54, 1.807) is 6.92 Å². The third-order valence-corrected chi connectivity index (χ3v) is 5.60. The zero-order chi connectivity index (χ0) is 15.8. The Bertz CT molecular complexity index is 659. The minimum absolute atomic E-state index is 0.145. The summed E-state index contributed by atoms with van der Waals surface area (Å²) in [6.45, 7) is 1.97. The smallest absolute Gasteiger partial charge is 0.312 e. The van der Waals surface area contributed by atoms with Crippen molar-refractivity contribution in [1.29, 1.82) is 0 Å². The summed E-state index contributed by atoms with van der Waals surface area (Å²) in [5.74, 6) is -0.167. The number of benzene rings is 1. The molecule has 0 radical (unpaired) electrons. The van der Waals surface area contributed by atoms with Gasteiger partial charge in [0.05, 0.1) is 11.0 Å². The first-order valence-electron chi connectivity index (χ1n) is 6.46. The normalized spacial score (nSPS) is 21.3. The number of aliphatic hydroxyl groups is 1. The van der Waals surface area contributed by atoms with E-state index in [-0.39, 0.29) is 24.7 Å². The maximum Gasteiger partial charge on any atom is 0.312 e. The predicted molar refractivity (Wildman–Crippen MR) is 76.1 cm³/mol. The van der Waals surface area contributed by atoms with Gasteiger partial charge in [0.25, 0.3) is 0 Å². The average Bonchev–Trinajstić information content (AvgIpc) is 2.88.